The average molecular weight is 436 g/mol. The lowest BCUT2D eigenvalue weighted by Gasteiger charge is -2.12. The zero-order valence-corrected chi connectivity index (χ0v) is 18.4. The molecule has 0 saturated heterocycles. The molecule has 1 atom stereocenters. The third kappa shape index (κ3) is 4.97. The maximum absolute atomic E-state index is 12.3. The maximum Gasteiger partial charge on any atom is 0.224 e. The number of benzene rings is 3. The minimum atomic E-state index is -3.21. The van der Waals surface area contributed by atoms with Gasteiger partial charge < -0.3 is 10.1 Å². The number of nitrogens with one attached hydrogen (secondary N) is 1. The van der Waals surface area contributed by atoms with E-state index in [1.807, 2.05) is 55.5 Å². The molecule has 0 aliphatic carbocycles. The Morgan fingerprint density at radius 3 is 2.45 bits per heavy atom. The third-order valence-corrected chi connectivity index (χ3v) is 6.69. The number of amides is 1. The number of carbonyl (C=O) groups excluding carboxylic acids is 1. The molecule has 3 aromatic carbocycles. The maximum atomic E-state index is 12.3. The van der Waals surface area contributed by atoms with Crippen LogP contribution in [0.3, 0.4) is 0 Å². The van der Waals surface area contributed by atoms with Crippen molar-refractivity contribution in [3.05, 3.63) is 83.4 Å². The number of hydrogen-bond donors (Lipinski definition) is 1. The first-order valence-corrected chi connectivity index (χ1v) is 12.1. The van der Waals surface area contributed by atoms with Crippen molar-refractivity contribution < 1.29 is 17.9 Å². The highest BCUT2D eigenvalue weighted by atomic mass is 32.2. The van der Waals surface area contributed by atoms with E-state index in [-0.39, 0.29) is 12.0 Å². The molecule has 0 unspecified atom stereocenters. The van der Waals surface area contributed by atoms with Crippen LogP contribution in [0.25, 0.3) is 11.1 Å². The number of sulfone groups is 1. The summed E-state index contributed by atoms with van der Waals surface area (Å²) in [4.78, 5) is 12.6. The second kappa shape index (κ2) is 8.55. The second-order valence-electron chi connectivity index (χ2n) is 7.97. The van der Waals surface area contributed by atoms with Gasteiger partial charge in [-0.05, 0) is 59.0 Å². The second-order valence-corrected chi connectivity index (χ2v) is 9.99. The van der Waals surface area contributed by atoms with Crippen LogP contribution in [0.15, 0.2) is 71.6 Å². The number of rotatable bonds is 6. The van der Waals surface area contributed by atoms with Gasteiger partial charge in [0.05, 0.1) is 17.9 Å². The quantitative estimate of drug-likeness (QED) is 0.640. The van der Waals surface area contributed by atoms with Crippen LogP contribution in [0.1, 0.15) is 16.7 Å². The summed E-state index contributed by atoms with van der Waals surface area (Å²) in [5.41, 5.74) is 5.18. The molecule has 1 aliphatic rings. The summed E-state index contributed by atoms with van der Waals surface area (Å²) in [6.07, 6.45) is 2.18. The van der Waals surface area contributed by atoms with Gasteiger partial charge >= 0.3 is 0 Å². The van der Waals surface area contributed by atoms with Gasteiger partial charge in [0.1, 0.15) is 11.9 Å². The van der Waals surface area contributed by atoms with Crippen LogP contribution in [0.4, 0.5) is 0 Å². The lowest BCUT2D eigenvalue weighted by molar-refractivity contribution is -0.120. The van der Waals surface area contributed by atoms with E-state index in [1.165, 1.54) is 6.26 Å². The summed E-state index contributed by atoms with van der Waals surface area (Å²) < 4.78 is 29.3. The van der Waals surface area contributed by atoms with Gasteiger partial charge in [0, 0.05) is 12.7 Å². The van der Waals surface area contributed by atoms with Crippen molar-refractivity contribution >= 4 is 15.7 Å². The summed E-state index contributed by atoms with van der Waals surface area (Å²) in [5.74, 6) is 0.815. The molecule has 0 radical (unpaired) electrons. The molecule has 0 aromatic heterocycles. The highest BCUT2D eigenvalue weighted by Crippen LogP contribution is 2.33. The van der Waals surface area contributed by atoms with Gasteiger partial charge in [-0.3, -0.25) is 4.79 Å². The molecule has 4 rings (SSSR count). The van der Waals surface area contributed by atoms with Gasteiger partial charge in [-0.1, -0.05) is 42.5 Å². The predicted molar refractivity (Wildman–Crippen MR) is 121 cm³/mol. The molecule has 5 nitrogen and oxygen atoms in total. The van der Waals surface area contributed by atoms with Gasteiger partial charge in [0.15, 0.2) is 9.84 Å². The summed E-state index contributed by atoms with van der Waals surface area (Å²) in [6, 6.07) is 20.7. The van der Waals surface area contributed by atoms with E-state index >= 15 is 0 Å². The summed E-state index contributed by atoms with van der Waals surface area (Å²) in [7, 11) is -3.21. The van der Waals surface area contributed by atoms with Gasteiger partial charge in [0.2, 0.25) is 5.91 Å². The first kappa shape index (κ1) is 21.1. The van der Waals surface area contributed by atoms with Gasteiger partial charge in [-0.2, -0.15) is 0 Å². The van der Waals surface area contributed by atoms with E-state index in [0.29, 0.717) is 17.9 Å². The molecule has 0 bridgehead atoms. The molecule has 6 heteroatoms. The molecule has 1 aliphatic heterocycles. The lowest BCUT2D eigenvalue weighted by atomic mass is 10.0. The highest BCUT2D eigenvalue weighted by Gasteiger charge is 2.24. The molecule has 1 heterocycles. The van der Waals surface area contributed by atoms with Crippen LogP contribution in [-0.4, -0.2) is 33.2 Å². The predicted octanol–water partition coefficient (Wildman–Crippen LogP) is 3.73. The number of hydrogen-bond acceptors (Lipinski definition) is 4. The molecule has 1 amide bonds. The zero-order chi connectivity index (χ0) is 22.0. The van der Waals surface area contributed by atoms with E-state index in [2.05, 4.69) is 11.4 Å². The molecular formula is C25H25NO4S. The van der Waals surface area contributed by atoms with Crippen LogP contribution in [0.5, 0.6) is 5.75 Å². The van der Waals surface area contributed by atoms with Crippen molar-refractivity contribution in [3.8, 4) is 16.9 Å². The van der Waals surface area contributed by atoms with Crippen LogP contribution in [-0.2, 0) is 27.5 Å². The Morgan fingerprint density at radius 2 is 1.74 bits per heavy atom. The van der Waals surface area contributed by atoms with Gasteiger partial charge in [-0.25, -0.2) is 8.42 Å². The van der Waals surface area contributed by atoms with E-state index in [1.54, 1.807) is 12.1 Å². The number of fused-ring (bicyclic) bond motifs is 1. The standard InChI is InChI=1S/C25H25NO4S/c1-17-5-3-4-6-19(17)15-25(27)26-16-22-14-21-13-20(9-12-24(21)30-22)18-7-10-23(11-8-18)31(2,28)29/h3-13,22H,14-16H2,1-2H3,(H,26,27)/t22-/m1/s1. The summed E-state index contributed by atoms with van der Waals surface area (Å²) in [6.45, 7) is 2.46. The Bertz CT molecular complexity index is 1220. The molecule has 31 heavy (non-hydrogen) atoms. The van der Waals surface area contributed by atoms with E-state index in [9.17, 15) is 13.2 Å². The SMILES string of the molecule is Cc1ccccc1CC(=O)NC[C@H]1Cc2cc(-c3ccc(S(C)(=O)=O)cc3)ccc2O1. The van der Waals surface area contributed by atoms with Crippen molar-refractivity contribution in [1.82, 2.24) is 5.32 Å². The first-order chi connectivity index (χ1) is 14.8. The molecule has 0 fully saturated rings. The van der Waals surface area contributed by atoms with Crippen LogP contribution in [0.2, 0.25) is 0 Å². The number of carbonyl (C=O) groups is 1. The molecule has 3 aromatic rings. The molecular weight excluding hydrogens is 410 g/mol. The summed E-state index contributed by atoms with van der Waals surface area (Å²) in [5, 5.41) is 2.98. The Morgan fingerprint density at radius 1 is 1.03 bits per heavy atom. The average Bonchev–Trinajstić information content (AvgIpc) is 3.15. The van der Waals surface area contributed by atoms with Crippen molar-refractivity contribution in [3.63, 3.8) is 0 Å². The van der Waals surface area contributed by atoms with Crippen molar-refractivity contribution in [2.24, 2.45) is 0 Å². The van der Waals surface area contributed by atoms with Gasteiger partial charge in [-0.15, -0.1) is 0 Å². The normalized spacial score (nSPS) is 15.2. The molecule has 160 valence electrons. The minimum Gasteiger partial charge on any atom is -0.488 e. The van der Waals surface area contributed by atoms with Crippen LogP contribution in [0, 0.1) is 6.92 Å². The Labute approximate surface area is 183 Å². The monoisotopic (exact) mass is 435 g/mol. The van der Waals surface area contributed by atoms with Crippen LogP contribution >= 0.6 is 0 Å². The Balaban J connectivity index is 1.37. The van der Waals surface area contributed by atoms with Crippen LogP contribution < -0.4 is 10.1 Å². The fraction of sp³-hybridized carbons (Fsp3) is 0.240. The topological polar surface area (TPSA) is 72.5 Å². The molecule has 0 saturated carbocycles. The minimum absolute atomic E-state index is 0.0134. The largest absolute Gasteiger partial charge is 0.488 e. The van der Waals surface area contributed by atoms with E-state index in [4.69, 9.17) is 4.74 Å². The Kier molecular flexibility index (Phi) is 5.83. The molecule has 1 N–H and O–H groups in total. The van der Waals surface area contributed by atoms with E-state index < -0.39 is 9.84 Å². The van der Waals surface area contributed by atoms with Crippen molar-refractivity contribution in [1.29, 1.82) is 0 Å². The van der Waals surface area contributed by atoms with Crippen molar-refractivity contribution in [2.45, 2.75) is 30.8 Å². The fourth-order valence-corrected chi connectivity index (χ4v) is 4.41. The lowest BCUT2D eigenvalue weighted by Crippen LogP contribution is -2.35. The smallest absolute Gasteiger partial charge is 0.224 e. The molecule has 0 spiro atoms. The zero-order valence-electron chi connectivity index (χ0n) is 17.6. The number of ether oxygens (including phenoxy) is 1. The summed E-state index contributed by atoms with van der Waals surface area (Å²) >= 11 is 0. The fourth-order valence-electron chi connectivity index (χ4n) is 3.78. The number of aryl methyl sites for hydroxylation is 1. The van der Waals surface area contributed by atoms with E-state index in [0.717, 1.165) is 40.0 Å². The Hall–Kier alpha value is -3.12. The highest BCUT2D eigenvalue weighted by molar-refractivity contribution is 7.90. The van der Waals surface area contributed by atoms with Crippen molar-refractivity contribution in [2.75, 3.05) is 12.8 Å². The third-order valence-electron chi connectivity index (χ3n) is 5.56. The van der Waals surface area contributed by atoms with Gasteiger partial charge in [0.25, 0.3) is 0 Å². The first-order valence-electron chi connectivity index (χ1n) is 10.2.